The van der Waals surface area contributed by atoms with Crippen LogP contribution in [0.1, 0.15) is 11.4 Å². The number of aromatic nitrogens is 2. The molecule has 0 aliphatic carbocycles. The smallest absolute Gasteiger partial charge is 0.167 e. The number of aryl methyl sites for hydroxylation is 2. The number of hydrogen-bond acceptors (Lipinski definition) is 3. The first-order chi connectivity index (χ1) is 8.49. The second-order valence-corrected chi connectivity index (χ2v) is 4.33. The van der Waals surface area contributed by atoms with Crippen molar-refractivity contribution in [1.82, 2.24) is 9.78 Å². The molecule has 0 amide bonds. The number of hydrogen-bond donors (Lipinski definition) is 1. The van der Waals surface area contributed by atoms with E-state index in [0.717, 1.165) is 5.69 Å². The lowest BCUT2D eigenvalue weighted by Crippen LogP contribution is -2.04. The number of ether oxygens (including phenoxy) is 1. The fourth-order valence-electron chi connectivity index (χ4n) is 1.62. The molecule has 0 unspecified atom stereocenters. The first kappa shape index (κ1) is 12.7. The molecule has 18 heavy (non-hydrogen) atoms. The minimum atomic E-state index is -0.495. The van der Waals surface area contributed by atoms with Crippen molar-refractivity contribution in [2.45, 2.75) is 13.5 Å². The van der Waals surface area contributed by atoms with E-state index in [4.69, 9.17) is 22.1 Å². The molecule has 1 heterocycles. The Morgan fingerprint density at radius 3 is 2.78 bits per heavy atom. The van der Waals surface area contributed by atoms with E-state index in [1.165, 1.54) is 12.1 Å². The third kappa shape index (κ3) is 2.41. The third-order valence-corrected chi connectivity index (χ3v) is 3.07. The molecule has 4 nitrogen and oxygen atoms in total. The van der Waals surface area contributed by atoms with Crippen LogP contribution in [0.15, 0.2) is 18.2 Å². The van der Waals surface area contributed by atoms with Gasteiger partial charge in [-0.15, -0.1) is 0 Å². The monoisotopic (exact) mass is 269 g/mol. The first-order valence-electron chi connectivity index (χ1n) is 5.35. The van der Waals surface area contributed by atoms with Crippen LogP contribution in [0.2, 0.25) is 5.02 Å². The molecule has 0 spiro atoms. The fraction of sp³-hybridized carbons (Fsp3) is 0.250. The zero-order chi connectivity index (χ0) is 13.3. The van der Waals surface area contributed by atoms with Crippen LogP contribution in [-0.2, 0) is 13.7 Å². The molecular weight excluding hydrogens is 257 g/mol. The summed E-state index contributed by atoms with van der Waals surface area (Å²) in [5.41, 5.74) is 7.23. The second-order valence-electron chi connectivity index (χ2n) is 3.95. The number of rotatable bonds is 3. The van der Waals surface area contributed by atoms with E-state index in [9.17, 15) is 4.39 Å². The number of nitrogen functional groups attached to an aromatic ring is 1. The second kappa shape index (κ2) is 4.86. The summed E-state index contributed by atoms with van der Waals surface area (Å²) in [6.45, 7) is 1.95. The molecule has 2 aromatic rings. The normalized spacial score (nSPS) is 10.7. The van der Waals surface area contributed by atoms with E-state index in [2.05, 4.69) is 5.10 Å². The molecule has 0 saturated carbocycles. The van der Waals surface area contributed by atoms with Gasteiger partial charge in [-0.3, -0.25) is 4.68 Å². The average Bonchev–Trinajstić information content (AvgIpc) is 2.53. The molecule has 2 N–H and O–H groups in total. The van der Waals surface area contributed by atoms with Gasteiger partial charge in [0.1, 0.15) is 6.61 Å². The molecule has 1 aromatic carbocycles. The van der Waals surface area contributed by atoms with E-state index < -0.39 is 5.82 Å². The summed E-state index contributed by atoms with van der Waals surface area (Å²) in [7, 11) is 1.76. The maximum Gasteiger partial charge on any atom is 0.167 e. The van der Waals surface area contributed by atoms with Gasteiger partial charge in [0.25, 0.3) is 0 Å². The van der Waals surface area contributed by atoms with Gasteiger partial charge in [-0.25, -0.2) is 4.39 Å². The minimum absolute atomic E-state index is 0.138. The van der Waals surface area contributed by atoms with Crippen molar-refractivity contribution in [1.29, 1.82) is 0 Å². The molecule has 96 valence electrons. The van der Waals surface area contributed by atoms with Crippen LogP contribution in [0.3, 0.4) is 0 Å². The molecule has 0 fully saturated rings. The lowest BCUT2D eigenvalue weighted by molar-refractivity contribution is 0.280. The lowest BCUT2D eigenvalue weighted by Gasteiger charge is -2.08. The van der Waals surface area contributed by atoms with E-state index in [1.807, 2.05) is 0 Å². The number of anilines is 1. The van der Waals surface area contributed by atoms with Gasteiger partial charge in [0.2, 0.25) is 0 Å². The molecule has 0 radical (unpaired) electrons. The molecule has 1 aromatic heterocycles. The van der Waals surface area contributed by atoms with Gasteiger partial charge in [0.15, 0.2) is 11.6 Å². The zero-order valence-corrected chi connectivity index (χ0v) is 10.8. The van der Waals surface area contributed by atoms with Gasteiger partial charge in [-0.2, -0.15) is 5.10 Å². The van der Waals surface area contributed by atoms with Crippen molar-refractivity contribution in [2.24, 2.45) is 7.05 Å². The van der Waals surface area contributed by atoms with Gasteiger partial charge in [0.05, 0.1) is 16.4 Å². The first-order valence-corrected chi connectivity index (χ1v) is 5.72. The highest BCUT2D eigenvalue weighted by molar-refractivity contribution is 6.31. The van der Waals surface area contributed by atoms with E-state index >= 15 is 0 Å². The van der Waals surface area contributed by atoms with Crippen LogP contribution in [0, 0.1) is 12.7 Å². The SMILES string of the molecule is Cc1nn(C)c(COc2ccc(N)cc2F)c1Cl. The summed E-state index contributed by atoms with van der Waals surface area (Å²) >= 11 is 6.07. The standard InChI is InChI=1S/C12H13ClFN3O/c1-7-12(13)10(17(2)16-7)6-18-11-4-3-8(15)5-9(11)14/h3-5H,6,15H2,1-2H3. The molecule has 0 aliphatic rings. The summed E-state index contributed by atoms with van der Waals surface area (Å²) in [5, 5.41) is 4.69. The molecule has 0 aliphatic heterocycles. The predicted octanol–water partition coefficient (Wildman–Crippen LogP) is 2.68. The van der Waals surface area contributed by atoms with Crippen LogP contribution in [0.4, 0.5) is 10.1 Å². The van der Waals surface area contributed by atoms with Crippen LogP contribution in [0.25, 0.3) is 0 Å². The summed E-state index contributed by atoms with van der Waals surface area (Å²) in [5.74, 6) is -0.357. The van der Waals surface area contributed by atoms with Crippen molar-refractivity contribution < 1.29 is 9.13 Å². The molecule has 2 rings (SSSR count). The van der Waals surface area contributed by atoms with Gasteiger partial charge in [-0.1, -0.05) is 11.6 Å². The van der Waals surface area contributed by atoms with Crippen LogP contribution < -0.4 is 10.5 Å². The Hall–Kier alpha value is -1.75. The Bertz CT molecular complexity index is 583. The number of benzene rings is 1. The topological polar surface area (TPSA) is 53.1 Å². The zero-order valence-electron chi connectivity index (χ0n) is 10.1. The van der Waals surface area contributed by atoms with E-state index in [0.29, 0.717) is 16.4 Å². The van der Waals surface area contributed by atoms with E-state index in [-0.39, 0.29) is 12.4 Å². The van der Waals surface area contributed by atoms with Crippen molar-refractivity contribution in [2.75, 3.05) is 5.73 Å². The third-order valence-electron chi connectivity index (χ3n) is 2.58. The summed E-state index contributed by atoms with van der Waals surface area (Å²) in [6, 6.07) is 4.28. The summed E-state index contributed by atoms with van der Waals surface area (Å²) in [6.07, 6.45) is 0. The quantitative estimate of drug-likeness (QED) is 0.872. The number of nitrogens with zero attached hydrogens (tertiary/aromatic N) is 2. The Morgan fingerprint density at radius 1 is 1.50 bits per heavy atom. The minimum Gasteiger partial charge on any atom is -0.484 e. The van der Waals surface area contributed by atoms with Gasteiger partial charge >= 0.3 is 0 Å². The predicted molar refractivity (Wildman–Crippen MR) is 68.1 cm³/mol. The van der Waals surface area contributed by atoms with Gasteiger partial charge in [-0.05, 0) is 19.1 Å². The van der Waals surface area contributed by atoms with Crippen LogP contribution in [-0.4, -0.2) is 9.78 Å². The lowest BCUT2D eigenvalue weighted by atomic mass is 10.3. The molecule has 0 atom stereocenters. The highest BCUT2D eigenvalue weighted by atomic mass is 35.5. The van der Waals surface area contributed by atoms with Crippen molar-refractivity contribution >= 4 is 17.3 Å². The van der Waals surface area contributed by atoms with Crippen molar-refractivity contribution in [3.8, 4) is 5.75 Å². The maximum atomic E-state index is 13.5. The number of halogens is 2. The van der Waals surface area contributed by atoms with Crippen LogP contribution in [0.5, 0.6) is 5.75 Å². The molecule has 0 saturated heterocycles. The van der Waals surface area contributed by atoms with Crippen molar-refractivity contribution in [3.05, 3.63) is 40.4 Å². The van der Waals surface area contributed by atoms with E-state index in [1.54, 1.807) is 24.7 Å². The summed E-state index contributed by atoms with van der Waals surface area (Å²) in [4.78, 5) is 0. The largest absolute Gasteiger partial charge is 0.484 e. The Labute approximate surface area is 109 Å². The molecule has 0 bridgehead atoms. The number of nitrogens with two attached hydrogens (primary N) is 1. The summed E-state index contributed by atoms with van der Waals surface area (Å²) < 4.78 is 20.5. The molecular formula is C12H13ClFN3O. The maximum absolute atomic E-state index is 13.5. The van der Waals surface area contributed by atoms with Gasteiger partial charge < -0.3 is 10.5 Å². The van der Waals surface area contributed by atoms with Crippen molar-refractivity contribution in [3.63, 3.8) is 0 Å². The Balaban J connectivity index is 2.16. The van der Waals surface area contributed by atoms with Gasteiger partial charge in [0, 0.05) is 18.8 Å². The molecule has 6 heteroatoms. The fourth-order valence-corrected chi connectivity index (χ4v) is 1.83. The highest BCUT2D eigenvalue weighted by Crippen LogP contribution is 2.24. The Kier molecular flexibility index (Phi) is 3.43. The highest BCUT2D eigenvalue weighted by Gasteiger charge is 2.12. The average molecular weight is 270 g/mol. The Morgan fingerprint density at radius 2 is 2.22 bits per heavy atom. The van der Waals surface area contributed by atoms with Crippen LogP contribution >= 0.6 is 11.6 Å².